The van der Waals surface area contributed by atoms with Crippen LogP contribution in [0, 0.1) is 0 Å². The van der Waals surface area contributed by atoms with Gasteiger partial charge in [0.15, 0.2) is 6.10 Å². The molecule has 0 radical (unpaired) electrons. The van der Waals surface area contributed by atoms with Gasteiger partial charge in [-0.25, -0.2) is 0 Å². The van der Waals surface area contributed by atoms with Crippen LogP contribution in [0.1, 0.15) is 406 Å². The van der Waals surface area contributed by atoms with E-state index in [1.54, 1.807) is 0 Å². The van der Waals surface area contributed by atoms with Crippen molar-refractivity contribution in [3.63, 3.8) is 0 Å². The van der Waals surface area contributed by atoms with Crippen molar-refractivity contribution in [2.45, 2.75) is 412 Å². The Morgan fingerprint density at radius 2 is 0.470 bits per heavy atom. The van der Waals surface area contributed by atoms with Crippen molar-refractivity contribution in [2.75, 3.05) is 13.2 Å². The number of allylic oxidation sites excluding steroid dienone is 8. The molecule has 0 saturated carbocycles. The highest BCUT2D eigenvalue weighted by Crippen LogP contribution is 2.19. The summed E-state index contributed by atoms with van der Waals surface area (Å²) in [4.78, 5) is 38.4. The number of unbranched alkanes of at least 4 members (excludes halogenated alkanes) is 50. The molecule has 486 valence electrons. The minimum atomic E-state index is -0.767. The molecule has 0 spiro atoms. The van der Waals surface area contributed by atoms with Gasteiger partial charge in [-0.2, -0.15) is 0 Å². The van der Waals surface area contributed by atoms with Crippen LogP contribution in [0.3, 0.4) is 0 Å². The topological polar surface area (TPSA) is 78.9 Å². The molecule has 6 heteroatoms. The van der Waals surface area contributed by atoms with Gasteiger partial charge in [0.1, 0.15) is 13.2 Å². The van der Waals surface area contributed by atoms with E-state index in [9.17, 15) is 14.4 Å². The van der Waals surface area contributed by atoms with Crippen molar-refractivity contribution in [2.24, 2.45) is 0 Å². The number of hydrogen-bond acceptors (Lipinski definition) is 6. The number of rotatable bonds is 69. The van der Waals surface area contributed by atoms with Crippen LogP contribution in [0.5, 0.6) is 0 Å². The van der Waals surface area contributed by atoms with Gasteiger partial charge in [-0.15, -0.1) is 0 Å². The zero-order valence-corrected chi connectivity index (χ0v) is 56.0. The van der Waals surface area contributed by atoms with Gasteiger partial charge in [-0.1, -0.05) is 378 Å². The van der Waals surface area contributed by atoms with Gasteiger partial charge in [0.2, 0.25) is 0 Å². The largest absolute Gasteiger partial charge is 0.462 e. The lowest BCUT2D eigenvalue weighted by Gasteiger charge is -2.18. The number of carbonyl (C=O) groups excluding carboxylic acids is 3. The first-order valence-corrected chi connectivity index (χ1v) is 37.1. The van der Waals surface area contributed by atoms with Crippen molar-refractivity contribution in [3.05, 3.63) is 48.6 Å². The summed E-state index contributed by atoms with van der Waals surface area (Å²) in [6, 6.07) is 0. The van der Waals surface area contributed by atoms with E-state index < -0.39 is 6.10 Å². The molecule has 1 atom stereocenters. The molecule has 0 N–H and O–H groups in total. The number of esters is 3. The Morgan fingerprint density at radius 1 is 0.253 bits per heavy atom. The van der Waals surface area contributed by atoms with E-state index in [2.05, 4.69) is 69.4 Å². The fourth-order valence-corrected chi connectivity index (χ4v) is 11.3. The van der Waals surface area contributed by atoms with Crippen LogP contribution >= 0.6 is 0 Å². The second kappa shape index (κ2) is 71.8. The van der Waals surface area contributed by atoms with Crippen LogP contribution in [0.15, 0.2) is 48.6 Å². The molecule has 0 aliphatic carbocycles. The van der Waals surface area contributed by atoms with Gasteiger partial charge in [0.25, 0.3) is 0 Å². The molecule has 6 nitrogen and oxygen atoms in total. The van der Waals surface area contributed by atoms with E-state index in [4.69, 9.17) is 14.2 Å². The Morgan fingerprint density at radius 3 is 0.735 bits per heavy atom. The Labute approximate surface area is 518 Å². The minimum Gasteiger partial charge on any atom is -0.462 e. The quantitative estimate of drug-likeness (QED) is 0.0261. The molecular formula is C77H142O6. The van der Waals surface area contributed by atoms with Crippen molar-refractivity contribution < 1.29 is 28.6 Å². The van der Waals surface area contributed by atoms with E-state index >= 15 is 0 Å². The smallest absolute Gasteiger partial charge is 0.306 e. The maximum absolute atomic E-state index is 12.9. The summed E-state index contributed by atoms with van der Waals surface area (Å²) in [7, 11) is 0. The lowest BCUT2D eigenvalue weighted by molar-refractivity contribution is -0.167. The van der Waals surface area contributed by atoms with Crippen LogP contribution in [0.25, 0.3) is 0 Å². The molecule has 83 heavy (non-hydrogen) atoms. The lowest BCUT2D eigenvalue weighted by atomic mass is 10.0. The van der Waals surface area contributed by atoms with Crippen LogP contribution in [0.2, 0.25) is 0 Å². The monoisotopic (exact) mass is 1160 g/mol. The van der Waals surface area contributed by atoms with Gasteiger partial charge in [0, 0.05) is 19.3 Å². The van der Waals surface area contributed by atoms with E-state index in [0.717, 1.165) is 83.5 Å². The molecule has 0 aliphatic rings. The summed E-state index contributed by atoms with van der Waals surface area (Å²) in [6.07, 6.45) is 91.6. The maximum Gasteiger partial charge on any atom is 0.306 e. The highest BCUT2D eigenvalue weighted by Gasteiger charge is 2.20. The summed E-state index contributed by atoms with van der Waals surface area (Å²) in [6.45, 7) is 6.60. The third-order valence-corrected chi connectivity index (χ3v) is 16.8. The third kappa shape index (κ3) is 70.0. The molecule has 0 heterocycles. The molecule has 0 aromatic carbocycles. The molecule has 0 fully saturated rings. The van der Waals surface area contributed by atoms with E-state index in [-0.39, 0.29) is 31.1 Å². The van der Waals surface area contributed by atoms with Crippen molar-refractivity contribution in [1.29, 1.82) is 0 Å². The standard InChI is InChI=1S/C77H142O6/c1-4-7-10-13-16-19-22-25-27-29-30-31-32-33-34-35-36-37-38-39-40-41-42-43-44-45-46-48-49-52-55-58-61-64-67-70-76(79)82-73-74(72-81-75(78)69-66-63-60-57-54-51-24-21-18-15-12-9-6-3)83-77(80)71-68-65-62-59-56-53-50-47-28-26-23-20-17-14-11-8-5-2/h7,10,16,19,25,27,30-31,74H,4-6,8-9,11-15,17-18,20-24,26,28-29,32-73H2,1-3H3/b10-7-,19-16-,27-25-,31-30-. The van der Waals surface area contributed by atoms with Crippen LogP contribution < -0.4 is 0 Å². The Kier molecular flexibility index (Phi) is 69.6. The predicted molar refractivity (Wildman–Crippen MR) is 362 cm³/mol. The van der Waals surface area contributed by atoms with Gasteiger partial charge < -0.3 is 14.2 Å². The molecule has 0 bridgehead atoms. The highest BCUT2D eigenvalue weighted by atomic mass is 16.6. The first-order valence-electron chi connectivity index (χ1n) is 37.1. The first kappa shape index (κ1) is 80.4. The average molecular weight is 1160 g/mol. The second-order valence-electron chi connectivity index (χ2n) is 25.2. The fraction of sp³-hybridized carbons (Fsp3) is 0.857. The van der Waals surface area contributed by atoms with Gasteiger partial charge in [0.05, 0.1) is 0 Å². The number of carbonyl (C=O) groups is 3. The lowest BCUT2D eigenvalue weighted by Crippen LogP contribution is -2.30. The average Bonchev–Trinajstić information content (AvgIpc) is 3.49. The van der Waals surface area contributed by atoms with Gasteiger partial charge in [-0.05, 0) is 57.8 Å². The van der Waals surface area contributed by atoms with Crippen LogP contribution in [0.4, 0.5) is 0 Å². The summed E-state index contributed by atoms with van der Waals surface area (Å²) in [5.74, 6) is -0.830. The van der Waals surface area contributed by atoms with E-state index in [1.807, 2.05) is 0 Å². The van der Waals surface area contributed by atoms with Crippen LogP contribution in [-0.2, 0) is 28.6 Å². The molecular weight excluding hydrogens is 1020 g/mol. The fourth-order valence-electron chi connectivity index (χ4n) is 11.3. The summed E-state index contributed by atoms with van der Waals surface area (Å²) < 4.78 is 17.0. The molecule has 0 amide bonds. The van der Waals surface area contributed by atoms with Gasteiger partial charge in [-0.3, -0.25) is 14.4 Å². The Balaban J connectivity index is 4.07. The highest BCUT2D eigenvalue weighted by molar-refractivity contribution is 5.71. The predicted octanol–water partition coefficient (Wildman–Crippen LogP) is 25.7. The van der Waals surface area contributed by atoms with Crippen LogP contribution in [-0.4, -0.2) is 37.2 Å². The molecule has 0 aromatic rings. The van der Waals surface area contributed by atoms with Crippen molar-refractivity contribution in [3.8, 4) is 0 Å². The SMILES string of the molecule is CC/C=C\C/C=C\C/C=C\C/C=C\CCCCCCCCCCCCCCCCCCCCCCCCC(=O)OCC(COC(=O)CCCCCCCCCCCCCCC)OC(=O)CCCCCCCCCCCCCCCCCCC. The number of hydrogen-bond donors (Lipinski definition) is 0. The first-order chi connectivity index (χ1) is 41.0. The second-order valence-corrected chi connectivity index (χ2v) is 25.2. The van der Waals surface area contributed by atoms with Crippen molar-refractivity contribution >= 4 is 17.9 Å². The summed E-state index contributed by atoms with van der Waals surface area (Å²) in [5, 5.41) is 0. The summed E-state index contributed by atoms with van der Waals surface area (Å²) >= 11 is 0. The molecule has 1 unspecified atom stereocenters. The minimum absolute atomic E-state index is 0.0638. The Hall–Kier alpha value is -2.63. The zero-order valence-electron chi connectivity index (χ0n) is 56.0. The van der Waals surface area contributed by atoms with E-state index in [1.165, 1.54) is 283 Å². The number of ether oxygens (including phenoxy) is 3. The zero-order chi connectivity index (χ0) is 59.9. The normalized spacial score (nSPS) is 12.3. The van der Waals surface area contributed by atoms with E-state index in [0.29, 0.717) is 19.3 Å². The summed E-state index contributed by atoms with van der Waals surface area (Å²) in [5.41, 5.74) is 0. The molecule has 0 rings (SSSR count). The molecule has 0 saturated heterocycles. The van der Waals surface area contributed by atoms with Crippen molar-refractivity contribution in [1.82, 2.24) is 0 Å². The Bertz CT molecular complexity index is 1430. The van der Waals surface area contributed by atoms with Gasteiger partial charge >= 0.3 is 17.9 Å². The third-order valence-electron chi connectivity index (χ3n) is 16.8. The maximum atomic E-state index is 12.9. The molecule has 0 aliphatic heterocycles. The molecule has 0 aromatic heterocycles.